The molecule has 1 aromatic carbocycles. The van der Waals surface area contributed by atoms with Crippen LogP contribution in [0.25, 0.3) is 0 Å². The number of nitrogen functional groups attached to an aromatic ring is 1. The third-order valence-corrected chi connectivity index (χ3v) is 2.30. The Balaban J connectivity index is 2.42. The number of nitrogens with two attached hydrogens (primary N) is 1. The fraction of sp³-hybridized carbons (Fsp3) is 0.0833. The van der Waals surface area contributed by atoms with Gasteiger partial charge in [-0.05, 0) is 25.1 Å². The number of aromatic nitrogens is 1. The highest BCUT2D eigenvalue weighted by molar-refractivity contribution is 5.55. The lowest BCUT2D eigenvalue weighted by atomic mass is 10.3. The standard InChI is InChI=1S/C12H11N3O3/c1-8-6-7-10(15(16)17)12(14-8)18-11-5-3-2-4-9(11)13/h2-7H,13H2,1H3. The third kappa shape index (κ3) is 2.37. The highest BCUT2D eigenvalue weighted by Crippen LogP contribution is 2.32. The van der Waals surface area contributed by atoms with Crippen LogP contribution in [0.3, 0.4) is 0 Å². The van der Waals surface area contributed by atoms with Gasteiger partial charge in [0.25, 0.3) is 5.88 Å². The van der Waals surface area contributed by atoms with Gasteiger partial charge in [-0.2, -0.15) is 0 Å². The van der Waals surface area contributed by atoms with Crippen molar-refractivity contribution < 1.29 is 9.66 Å². The van der Waals surface area contributed by atoms with Crippen molar-refractivity contribution in [2.45, 2.75) is 6.92 Å². The number of hydrogen-bond donors (Lipinski definition) is 1. The van der Waals surface area contributed by atoms with E-state index in [1.807, 2.05) is 0 Å². The number of nitro groups is 1. The van der Waals surface area contributed by atoms with Crippen molar-refractivity contribution >= 4 is 11.4 Å². The number of anilines is 1. The number of benzene rings is 1. The van der Waals surface area contributed by atoms with Crippen molar-refractivity contribution in [3.8, 4) is 11.6 Å². The highest BCUT2D eigenvalue weighted by Gasteiger charge is 2.18. The molecule has 2 rings (SSSR count). The van der Waals surface area contributed by atoms with Crippen LogP contribution in [0.1, 0.15) is 5.69 Å². The van der Waals surface area contributed by atoms with E-state index >= 15 is 0 Å². The SMILES string of the molecule is Cc1ccc([N+](=O)[O-])c(Oc2ccccc2N)n1. The Morgan fingerprint density at radius 3 is 2.67 bits per heavy atom. The lowest BCUT2D eigenvalue weighted by Crippen LogP contribution is -1.98. The summed E-state index contributed by atoms with van der Waals surface area (Å²) in [6.07, 6.45) is 0. The molecule has 0 saturated heterocycles. The summed E-state index contributed by atoms with van der Waals surface area (Å²) >= 11 is 0. The summed E-state index contributed by atoms with van der Waals surface area (Å²) in [5, 5.41) is 10.9. The molecule has 6 nitrogen and oxygen atoms in total. The average Bonchev–Trinajstić information content (AvgIpc) is 2.32. The summed E-state index contributed by atoms with van der Waals surface area (Å²) in [6, 6.07) is 9.67. The van der Waals surface area contributed by atoms with Gasteiger partial charge in [-0.1, -0.05) is 12.1 Å². The van der Waals surface area contributed by atoms with Crippen LogP contribution in [0.2, 0.25) is 0 Å². The monoisotopic (exact) mass is 245 g/mol. The van der Waals surface area contributed by atoms with E-state index in [9.17, 15) is 10.1 Å². The number of ether oxygens (including phenoxy) is 1. The van der Waals surface area contributed by atoms with E-state index in [2.05, 4.69) is 4.98 Å². The lowest BCUT2D eigenvalue weighted by Gasteiger charge is -2.07. The first-order valence-electron chi connectivity index (χ1n) is 5.22. The maximum Gasteiger partial charge on any atom is 0.331 e. The molecule has 0 unspecified atom stereocenters. The molecule has 6 heteroatoms. The van der Waals surface area contributed by atoms with E-state index in [4.69, 9.17) is 10.5 Å². The second-order valence-corrected chi connectivity index (χ2v) is 3.67. The topological polar surface area (TPSA) is 91.3 Å². The summed E-state index contributed by atoms with van der Waals surface area (Å²) in [7, 11) is 0. The van der Waals surface area contributed by atoms with Gasteiger partial charge in [-0.25, -0.2) is 4.98 Å². The minimum Gasteiger partial charge on any atom is -0.431 e. The molecule has 0 fully saturated rings. The molecule has 0 radical (unpaired) electrons. The molecule has 0 spiro atoms. The highest BCUT2D eigenvalue weighted by atomic mass is 16.6. The Morgan fingerprint density at radius 2 is 2.00 bits per heavy atom. The lowest BCUT2D eigenvalue weighted by molar-refractivity contribution is -0.386. The van der Waals surface area contributed by atoms with Crippen LogP contribution >= 0.6 is 0 Å². The molecule has 2 N–H and O–H groups in total. The van der Waals surface area contributed by atoms with Crippen LogP contribution in [-0.2, 0) is 0 Å². The Morgan fingerprint density at radius 1 is 1.28 bits per heavy atom. The summed E-state index contributed by atoms with van der Waals surface area (Å²) in [5.74, 6) is 0.289. The van der Waals surface area contributed by atoms with Gasteiger partial charge in [0, 0.05) is 11.8 Å². The second kappa shape index (κ2) is 4.70. The van der Waals surface area contributed by atoms with Crippen molar-refractivity contribution in [2.75, 3.05) is 5.73 Å². The molecule has 18 heavy (non-hydrogen) atoms. The fourth-order valence-electron chi connectivity index (χ4n) is 1.42. The molecule has 0 saturated carbocycles. The van der Waals surface area contributed by atoms with Gasteiger partial charge in [-0.15, -0.1) is 0 Å². The first kappa shape index (κ1) is 11.8. The van der Waals surface area contributed by atoms with Crippen LogP contribution in [0.5, 0.6) is 11.6 Å². The smallest absolute Gasteiger partial charge is 0.331 e. The van der Waals surface area contributed by atoms with Crippen LogP contribution in [-0.4, -0.2) is 9.91 Å². The zero-order valence-corrected chi connectivity index (χ0v) is 9.66. The molecule has 0 aliphatic rings. The number of aryl methyl sites for hydroxylation is 1. The first-order chi connectivity index (χ1) is 8.58. The molecule has 0 atom stereocenters. The minimum absolute atomic E-state index is 0.0575. The van der Waals surface area contributed by atoms with Gasteiger partial charge in [0.15, 0.2) is 5.75 Å². The predicted octanol–water partition coefficient (Wildman–Crippen LogP) is 2.67. The number of pyridine rings is 1. The number of para-hydroxylation sites is 2. The molecule has 0 amide bonds. The summed E-state index contributed by atoms with van der Waals surface area (Å²) < 4.78 is 5.40. The Bertz CT molecular complexity index is 599. The molecule has 2 aromatic rings. The van der Waals surface area contributed by atoms with Gasteiger partial charge in [-0.3, -0.25) is 10.1 Å². The number of rotatable bonds is 3. The zero-order valence-electron chi connectivity index (χ0n) is 9.66. The molecule has 1 aromatic heterocycles. The third-order valence-electron chi connectivity index (χ3n) is 2.30. The maximum absolute atomic E-state index is 10.9. The van der Waals surface area contributed by atoms with Crippen LogP contribution in [0.15, 0.2) is 36.4 Å². The number of hydrogen-bond acceptors (Lipinski definition) is 5. The Kier molecular flexibility index (Phi) is 3.09. The number of nitrogens with zero attached hydrogens (tertiary/aromatic N) is 2. The van der Waals surface area contributed by atoms with Gasteiger partial charge in [0.2, 0.25) is 0 Å². The van der Waals surface area contributed by atoms with Gasteiger partial charge in [0.1, 0.15) is 0 Å². The van der Waals surface area contributed by atoms with Crippen LogP contribution in [0, 0.1) is 17.0 Å². The Hall–Kier alpha value is -2.63. The van der Waals surface area contributed by atoms with E-state index in [1.54, 1.807) is 37.3 Å². The van der Waals surface area contributed by atoms with E-state index in [-0.39, 0.29) is 11.6 Å². The summed E-state index contributed by atoms with van der Waals surface area (Å²) in [4.78, 5) is 14.3. The average molecular weight is 245 g/mol. The van der Waals surface area contributed by atoms with Gasteiger partial charge >= 0.3 is 5.69 Å². The Labute approximate surface area is 103 Å². The van der Waals surface area contributed by atoms with Crippen LogP contribution in [0.4, 0.5) is 11.4 Å². The zero-order chi connectivity index (χ0) is 13.1. The summed E-state index contributed by atoms with van der Waals surface area (Å²) in [5.41, 5.74) is 6.55. The molecule has 92 valence electrons. The van der Waals surface area contributed by atoms with E-state index < -0.39 is 4.92 Å². The molecule has 0 aliphatic heterocycles. The summed E-state index contributed by atoms with van der Waals surface area (Å²) in [6.45, 7) is 1.73. The molecule has 0 bridgehead atoms. The quantitative estimate of drug-likeness (QED) is 0.510. The van der Waals surface area contributed by atoms with Gasteiger partial charge < -0.3 is 10.5 Å². The van der Waals surface area contributed by atoms with Crippen molar-refractivity contribution in [3.05, 3.63) is 52.2 Å². The minimum atomic E-state index is -0.541. The van der Waals surface area contributed by atoms with Crippen molar-refractivity contribution in [1.29, 1.82) is 0 Å². The van der Waals surface area contributed by atoms with Crippen molar-refractivity contribution in [2.24, 2.45) is 0 Å². The van der Waals surface area contributed by atoms with E-state index in [1.165, 1.54) is 6.07 Å². The molecule has 1 heterocycles. The van der Waals surface area contributed by atoms with Crippen molar-refractivity contribution in [1.82, 2.24) is 4.98 Å². The first-order valence-corrected chi connectivity index (χ1v) is 5.22. The maximum atomic E-state index is 10.9. The largest absolute Gasteiger partial charge is 0.431 e. The normalized spacial score (nSPS) is 10.1. The molecular weight excluding hydrogens is 234 g/mol. The molecule has 0 aliphatic carbocycles. The predicted molar refractivity (Wildman–Crippen MR) is 66.6 cm³/mol. The molecular formula is C12H11N3O3. The van der Waals surface area contributed by atoms with E-state index in [0.717, 1.165) is 0 Å². The van der Waals surface area contributed by atoms with E-state index in [0.29, 0.717) is 17.1 Å². The van der Waals surface area contributed by atoms with Crippen molar-refractivity contribution in [3.63, 3.8) is 0 Å². The second-order valence-electron chi connectivity index (χ2n) is 3.67. The fourth-order valence-corrected chi connectivity index (χ4v) is 1.42. The van der Waals surface area contributed by atoms with Crippen LogP contribution < -0.4 is 10.5 Å². The van der Waals surface area contributed by atoms with Gasteiger partial charge in [0.05, 0.1) is 10.6 Å².